The van der Waals surface area contributed by atoms with E-state index >= 15 is 0 Å². The summed E-state index contributed by atoms with van der Waals surface area (Å²) >= 11 is 0. The molecule has 1 aliphatic carbocycles. The summed E-state index contributed by atoms with van der Waals surface area (Å²) in [5, 5.41) is 3.05. The summed E-state index contributed by atoms with van der Waals surface area (Å²) in [5.41, 5.74) is 1.31. The lowest BCUT2D eigenvalue weighted by molar-refractivity contribution is -0.137. The maximum Gasteiger partial charge on any atom is 0.270 e. The second kappa shape index (κ2) is 8.92. The first-order chi connectivity index (χ1) is 14.5. The normalized spacial score (nSPS) is 24.6. The van der Waals surface area contributed by atoms with Gasteiger partial charge in [0.05, 0.1) is 0 Å². The molecule has 1 aromatic heterocycles. The van der Waals surface area contributed by atoms with Gasteiger partial charge in [0.2, 0.25) is 5.91 Å². The number of likely N-dealkylation sites (N-methyl/N-ethyl adjacent to an activating group) is 1. The molecule has 1 N–H and O–H groups in total. The lowest BCUT2D eigenvalue weighted by Crippen LogP contribution is -2.49. The maximum atomic E-state index is 13.4. The zero-order valence-corrected chi connectivity index (χ0v) is 17.1. The van der Waals surface area contributed by atoms with Gasteiger partial charge in [0.25, 0.3) is 5.91 Å². The molecular weight excluding hydrogens is 383 g/mol. The van der Waals surface area contributed by atoms with Gasteiger partial charge in [0, 0.05) is 44.3 Å². The summed E-state index contributed by atoms with van der Waals surface area (Å²) in [5.74, 6) is -0.670. The van der Waals surface area contributed by atoms with Crippen LogP contribution in [0.3, 0.4) is 0 Å². The highest BCUT2D eigenvalue weighted by atomic mass is 19.1. The van der Waals surface area contributed by atoms with Crippen LogP contribution in [0, 0.1) is 11.7 Å². The number of hydrogen-bond acceptors (Lipinski definition) is 4. The Balaban J connectivity index is 1.52. The summed E-state index contributed by atoms with van der Waals surface area (Å²) < 4.78 is 13.4. The first-order valence-corrected chi connectivity index (χ1v) is 10.5. The monoisotopic (exact) mass is 410 g/mol. The topological polar surface area (TPSA) is 65.5 Å². The first kappa shape index (κ1) is 20.5. The smallest absolute Gasteiger partial charge is 0.270 e. The van der Waals surface area contributed by atoms with Crippen LogP contribution in [0.2, 0.25) is 0 Å². The average Bonchev–Trinajstić information content (AvgIpc) is 3.18. The van der Waals surface area contributed by atoms with E-state index in [0.717, 1.165) is 18.7 Å². The van der Waals surface area contributed by atoms with Crippen LogP contribution in [0.25, 0.3) is 0 Å². The summed E-state index contributed by atoms with van der Waals surface area (Å²) in [4.78, 5) is 34.2. The average molecular weight is 410 g/mol. The van der Waals surface area contributed by atoms with Crippen LogP contribution in [-0.4, -0.2) is 65.9 Å². The van der Waals surface area contributed by atoms with E-state index in [4.69, 9.17) is 0 Å². The number of nitrogens with one attached hydrogen (secondary N) is 1. The molecule has 1 aliphatic heterocycles. The quantitative estimate of drug-likeness (QED) is 0.840. The van der Waals surface area contributed by atoms with E-state index < -0.39 is 0 Å². The molecule has 2 heterocycles. The third-order valence-corrected chi connectivity index (χ3v) is 6.23. The van der Waals surface area contributed by atoms with E-state index in [0.29, 0.717) is 31.6 Å². The van der Waals surface area contributed by atoms with Crippen LogP contribution in [0.5, 0.6) is 0 Å². The van der Waals surface area contributed by atoms with Crippen LogP contribution in [0.4, 0.5) is 4.39 Å². The summed E-state index contributed by atoms with van der Waals surface area (Å²) in [6.07, 6.45) is 2.81. The van der Waals surface area contributed by atoms with Crippen molar-refractivity contribution in [3.05, 3.63) is 65.7 Å². The number of pyridine rings is 1. The molecule has 3 atom stereocenters. The van der Waals surface area contributed by atoms with Crippen LogP contribution >= 0.6 is 0 Å². The fourth-order valence-electron chi connectivity index (χ4n) is 4.52. The summed E-state index contributed by atoms with van der Waals surface area (Å²) in [6, 6.07) is 11.5. The fraction of sp³-hybridized carbons (Fsp3) is 0.435. The van der Waals surface area contributed by atoms with Crippen molar-refractivity contribution in [3.8, 4) is 0 Å². The largest absolute Gasteiger partial charge is 0.348 e. The van der Waals surface area contributed by atoms with Crippen LogP contribution in [0.1, 0.15) is 34.8 Å². The van der Waals surface area contributed by atoms with Crippen molar-refractivity contribution in [2.75, 3.05) is 33.2 Å². The number of benzene rings is 1. The zero-order valence-electron chi connectivity index (χ0n) is 17.1. The zero-order chi connectivity index (χ0) is 21.1. The molecule has 2 amide bonds. The van der Waals surface area contributed by atoms with E-state index in [9.17, 15) is 14.0 Å². The first-order valence-electron chi connectivity index (χ1n) is 10.5. The minimum atomic E-state index is -0.293. The Bertz CT molecular complexity index is 882. The Labute approximate surface area is 176 Å². The molecule has 2 aromatic rings. The van der Waals surface area contributed by atoms with E-state index in [1.807, 2.05) is 4.90 Å². The molecular formula is C23H27FN4O2. The Morgan fingerprint density at radius 2 is 1.77 bits per heavy atom. The van der Waals surface area contributed by atoms with Gasteiger partial charge in [-0.05, 0) is 55.6 Å². The second-order valence-corrected chi connectivity index (χ2v) is 8.25. The SMILES string of the molecule is CN1CCN(C(=O)[C@H]2C[C@@H](NC(=O)c3ccccn3)C[C@@H]2c2ccc(F)cc2)CC1. The van der Waals surface area contributed by atoms with Gasteiger partial charge >= 0.3 is 0 Å². The molecule has 0 radical (unpaired) electrons. The molecule has 30 heavy (non-hydrogen) atoms. The molecule has 1 saturated carbocycles. The van der Waals surface area contributed by atoms with E-state index in [2.05, 4.69) is 22.2 Å². The van der Waals surface area contributed by atoms with Gasteiger partial charge in [-0.2, -0.15) is 0 Å². The predicted octanol–water partition coefficient (Wildman–Crippen LogP) is 2.29. The number of carbonyl (C=O) groups is 2. The highest BCUT2D eigenvalue weighted by Crippen LogP contribution is 2.41. The van der Waals surface area contributed by atoms with Crippen molar-refractivity contribution in [2.24, 2.45) is 5.92 Å². The van der Waals surface area contributed by atoms with Crippen LogP contribution in [-0.2, 0) is 4.79 Å². The molecule has 0 spiro atoms. The fourth-order valence-corrected chi connectivity index (χ4v) is 4.52. The standard InChI is InChI=1S/C23H27FN4O2/c1-27-10-12-28(13-11-27)23(30)20-15-18(26-22(29)21-4-2-3-9-25-21)14-19(20)16-5-7-17(24)8-6-16/h2-9,18-20H,10-15H2,1H3,(H,26,29)/t18-,19+,20-/m0/s1. The number of aromatic nitrogens is 1. The molecule has 6 nitrogen and oxygen atoms in total. The molecule has 158 valence electrons. The van der Waals surface area contributed by atoms with Crippen molar-refractivity contribution < 1.29 is 14.0 Å². The van der Waals surface area contributed by atoms with Crippen molar-refractivity contribution in [2.45, 2.75) is 24.8 Å². The maximum absolute atomic E-state index is 13.4. The molecule has 0 bridgehead atoms. The second-order valence-electron chi connectivity index (χ2n) is 8.25. The number of nitrogens with zero attached hydrogens (tertiary/aromatic N) is 3. The van der Waals surface area contributed by atoms with Crippen molar-refractivity contribution in [3.63, 3.8) is 0 Å². The molecule has 1 saturated heterocycles. The van der Waals surface area contributed by atoms with Crippen molar-refractivity contribution in [1.29, 1.82) is 0 Å². The Kier molecular flexibility index (Phi) is 6.08. The van der Waals surface area contributed by atoms with Gasteiger partial charge in [-0.15, -0.1) is 0 Å². The Morgan fingerprint density at radius 1 is 1.03 bits per heavy atom. The molecule has 2 fully saturated rings. The van der Waals surface area contributed by atoms with Crippen molar-refractivity contribution in [1.82, 2.24) is 20.1 Å². The highest BCUT2D eigenvalue weighted by Gasteiger charge is 2.42. The van der Waals surface area contributed by atoms with Gasteiger partial charge in [0.15, 0.2) is 0 Å². The highest BCUT2D eigenvalue weighted by molar-refractivity contribution is 5.92. The van der Waals surface area contributed by atoms with E-state index in [1.54, 1.807) is 36.5 Å². The third kappa shape index (κ3) is 4.51. The van der Waals surface area contributed by atoms with Gasteiger partial charge in [-0.1, -0.05) is 18.2 Å². The minimum Gasteiger partial charge on any atom is -0.348 e. The summed E-state index contributed by atoms with van der Waals surface area (Å²) in [6.45, 7) is 3.15. The summed E-state index contributed by atoms with van der Waals surface area (Å²) in [7, 11) is 2.06. The molecule has 1 aromatic carbocycles. The van der Waals surface area contributed by atoms with Crippen LogP contribution < -0.4 is 5.32 Å². The lowest BCUT2D eigenvalue weighted by atomic mass is 9.87. The van der Waals surface area contributed by atoms with Gasteiger partial charge in [-0.25, -0.2) is 4.39 Å². The number of hydrogen-bond donors (Lipinski definition) is 1. The number of carbonyl (C=O) groups excluding carboxylic acids is 2. The van der Waals surface area contributed by atoms with Gasteiger partial charge in [-0.3, -0.25) is 14.6 Å². The van der Waals surface area contributed by atoms with E-state index in [1.165, 1.54) is 12.1 Å². The number of halogens is 1. The third-order valence-electron chi connectivity index (χ3n) is 6.23. The number of rotatable bonds is 4. The minimum absolute atomic E-state index is 0.0493. The van der Waals surface area contributed by atoms with Crippen molar-refractivity contribution >= 4 is 11.8 Å². The number of piperazine rings is 1. The van der Waals surface area contributed by atoms with Gasteiger partial charge in [0.1, 0.15) is 11.5 Å². The number of amides is 2. The van der Waals surface area contributed by atoms with Gasteiger partial charge < -0.3 is 15.1 Å². The molecule has 7 heteroatoms. The molecule has 4 rings (SSSR count). The predicted molar refractivity (Wildman–Crippen MR) is 111 cm³/mol. The van der Waals surface area contributed by atoms with Crippen LogP contribution in [0.15, 0.2) is 48.7 Å². The molecule has 0 unspecified atom stereocenters. The molecule has 2 aliphatic rings. The lowest BCUT2D eigenvalue weighted by Gasteiger charge is -2.35. The Morgan fingerprint density at radius 3 is 2.43 bits per heavy atom. The van der Waals surface area contributed by atoms with E-state index in [-0.39, 0.29) is 35.5 Å². The Hall–Kier alpha value is -2.80.